The highest BCUT2D eigenvalue weighted by Crippen LogP contribution is 2.39. The van der Waals surface area contributed by atoms with Crippen LogP contribution < -0.4 is 11.1 Å². The van der Waals surface area contributed by atoms with Gasteiger partial charge in [0.25, 0.3) is 5.91 Å². The minimum absolute atomic E-state index is 0. The monoisotopic (exact) mass is 284 g/mol. The summed E-state index contributed by atoms with van der Waals surface area (Å²) in [6.07, 6.45) is 4.83. The third-order valence-electron chi connectivity index (χ3n) is 3.87. The number of nitrogens with two attached hydrogens (primary N) is 1. The highest BCUT2D eigenvalue weighted by molar-refractivity contribution is 5.92. The molecule has 3 rings (SSSR count). The van der Waals surface area contributed by atoms with Crippen molar-refractivity contribution in [2.24, 2.45) is 18.7 Å². The second kappa shape index (κ2) is 5.51. The summed E-state index contributed by atoms with van der Waals surface area (Å²) in [5, 5.41) is 7.15. The van der Waals surface area contributed by atoms with Crippen LogP contribution in [0.2, 0.25) is 0 Å². The van der Waals surface area contributed by atoms with Gasteiger partial charge < -0.3 is 11.1 Å². The van der Waals surface area contributed by atoms with Crippen LogP contribution in [0, 0.1) is 5.92 Å². The third kappa shape index (κ3) is 3.28. The Hall–Kier alpha value is -1.07. The van der Waals surface area contributed by atoms with Crippen molar-refractivity contribution in [2.45, 2.75) is 37.6 Å². The molecule has 1 aromatic rings. The molecule has 5 nitrogen and oxygen atoms in total. The Labute approximate surface area is 119 Å². The maximum Gasteiger partial charge on any atom is 0.271 e. The lowest BCUT2D eigenvalue weighted by atomic mass is 10.2. The van der Waals surface area contributed by atoms with E-state index in [9.17, 15) is 4.79 Å². The minimum Gasteiger partial charge on any atom is -0.349 e. The summed E-state index contributed by atoms with van der Waals surface area (Å²) in [5.41, 5.74) is 7.65. The van der Waals surface area contributed by atoms with Gasteiger partial charge in [-0.2, -0.15) is 5.10 Å². The number of nitrogens with one attached hydrogen (secondary N) is 1. The molecule has 2 fully saturated rings. The lowest BCUT2D eigenvalue weighted by molar-refractivity contribution is 0.0944. The summed E-state index contributed by atoms with van der Waals surface area (Å²) in [6, 6.07) is 2.01. The molecule has 6 heteroatoms. The van der Waals surface area contributed by atoms with E-state index in [2.05, 4.69) is 10.4 Å². The molecular formula is C13H21ClN4O. The van der Waals surface area contributed by atoms with Crippen LogP contribution in [0.25, 0.3) is 0 Å². The number of halogens is 1. The van der Waals surface area contributed by atoms with Gasteiger partial charge in [0.05, 0.1) is 0 Å². The Balaban J connectivity index is 0.00000133. The number of carbonyl (C=O) groups excluding carboxylic acids is 1. The first kappa shape index (κ1) is 14.3. The normalized spacial score (nSPS) is 19.7. The van der Waals surface area contributed by atoms with Crippen LogP contribution in [0.3, 0.4) is 0 Å². The smallest absolute Gasteiger partial charge is 0.271 e. The fraction of sp³-hybridized carbons (Fsp3) is 0.692. The van der Waals surface area contributed by atoms with E-state index in [-0.39, 0.29) is 24.4 Å². The van der Waals surface area contributed by atoms with Crippen LogP contribution in [-0.2, 0) is 7.05 Å². The van der Waals surface area contributed by atoms with Crippen LogP contribution in [0.4, 0.5) is 0 Å². The van der Waals surface area contributed by atoms with Crippen molar-refractivity contribution >= 4 is 18.3 Å². The first-order valence-electron chi connectivity index (χ1n) is 6.73. The molecule has 1 aromatic heterocycles. The highest BCUT2D eigenvalue weighted by Gasteiger charge is 2.30. The Morgan fingerprint density at radius 1 is 1.53 bits per heavy atom. The van der Waals surface area contributed by atoms with Crippen LogP contribution in [0.15, 0.2) is 6.07 Å². The molecule has 1 atom stereocenters. The Morgan fingerprint density at radius 2 is 2.21 bits per heavy atom. The van der Waals surface area contributed by atoms with Crippen molar-refractivity contribution in [3.8, 4) is 0 Å². The molecule has 0 bridgehead atoms. The molecule has 3 N–H and O–H groups in total. The predicted molar refractivity (Wildman–Crippen MR) is 75.5 cm³/mol. The van der Waals surface area contributed by atoms with E-state index in [0.29, 0.717) is 24.1 Å². The van der Waals surface area contributed by atoms with Gasteiger partial charge in [0.2, 0.25) is 0 Å². The van der Waals surface area contributed by atoms with Crippen molar-refractivity contribution in [3.05, 3.63) is 17.5 Å². The largest absolute Gasteiger partial charge is 0.349 e. The van der Waals surface area contributed by atoms with E-state index < -0.39 is 0 Å². The molecule has 0 saturated heterocycles. The fourth-order valence-corrected chi connectivity index (χ4v) is 2.35. The molecule has 1 heterocycles. The van der Waals surface area contributed by atoms with Crippen molar-refractivity contribution in [2.75, 3.05) is 6.54 Å². The Kier molecular flexibility index (Phi) is 4.16. The highest BCUT2D eigenvalue weighted by atomic mass is 35.5. The predicted octanol–water partition coefficient (Wildman–Crippen LogP) is 1.19. The van der Waals surface area contributed by atoms with E-state index in [1.807, 2.05) is 17.8 Å². The number of carbonyl (C=O) groups is 1. The molecule has 0 aromatic carbocycles. The molecule has 2 aliphatic carbocycles. The van der Waals surface area contributed by atoms with Crippen LogP contribution in [-0.4, -0.2) is 28.3 Å². The van der Waals surface area contributed by atoms with E-state index >= 15 is 0 Å². The Morgan fingerprint density at radius 3 is 2.79 bits per heavy atom. The summed E-state index contributed by atoms with van der Waals surface area (Å²) in [7, 11) is 1.90. The van der Waals surface area contributed by atoms with Gasteiger partial charge in [-0.15, -0.1) is 12.4 Å². The summed E-state index contributed by atoms with van der Waals surface area (Å²) in [5.74, 6) is 1.11. The summed E-state index contributed by atoms with van der Waals surface area (Å²) >= 11 is 0. The zero-order valence-electron chi connectivity index (χ0n) is 11.1. The maximum absolute atomic E-state index is 12.0. The lowest BCUT2D eigenvalue weighted by Gasteiger charge is -2.10. The second-order valence-electron chi connectivity index (χ2n) is 5.56. The van der Waals surface area contributed by atoms with Crippen molar-refractivity contribution in [1.82, 2.24) is 15.1 Å². The molecule has 1 unspecified atom stereocenters. The summed E-state index contributed by atoms with van der Waals surface area (Å²) in [4.78, 5) is 12.0. The van der Waals surface area contributed by atoms with Gasteiger partial charge >= 0.3 is 0 Å². The zero-order valence-corrected chi connectivity index (χ0v) is 11.9. The topological polar surface area (TPSA) is 72.9 Å². The molecule has 0 aliphatic heterocycles. The second-order valence-corrected chi connectivity index (χ2v) is 5.56. The first-order chi connectivity index (χ1) is 8.65. The average molecular weight is 285 g/mol. The number of aromatic nitrogens is 2. The molecule has 2 saturated carbocycles. The minimum atomic E-state index is -0.103. The zero-order chi connectivity index (χ0) is 12.7. The first-order valence-corrected chi connectivity index (χ1v) is 6.73. The fourth-order valence-electron chi connectivity index (χ4n) is 2.35. The van der Waals surface area contributed by atoms with E-state index in [0.717, 1.165) is 0 Å². The van der Waals surface area contributed by atoms with E-state index in [1.165, 1.54) is 31.4 Å². The van der Waals surface area contributed by atoms with E-state index in [1.54, 1.807) is 0 Å². The lowest BCUT2D eigenvalue weighted by Crippen LogP contribution is -2.38. The molecule has 106 valence electrons. The van der Waals surface area contributed by atoms with E-state index in [4.69, 9.17) is 5.73 Å². The number of hydrogen-bond donors (Lipinski definition) is 2. The number of nitrogens with zero attached hydrogens (tertiary/aromatic N) is 2. The van der Waals surface area contributed by atoms with Crippen molar-refractivity contribution in [3.63, 3.8) is 0 Å². The molecule has 2 aliphatic rings. The van der Waals surface area contributed by atoms with Gasteiger partial charge in [-0.3, -0.25) is 9.48 Å². The average Bonchev–Trinajstić information content (AvgIpc) is 3.24. The third-order valence-corrected chi connectivity index (χ3v) is 3.87. The van der Waals surface area contributed by atoms with Crippen LogP contribution in [0.5, 0.6) is 0 Å². The summed E-state index contributed by atoms with van der Waals surface area (Å²) in [6.45, 7) is 0.554. The quantitative estimate of drug-likeness (QED) is 0.853. The van der Waals surface area contributed by atoms with Crippen LogP contribution in [0.1, 0.15) is 47.8 Å². The van der Waals surface area contributed by atoms with Gasteiger partial charge in [-0.1, -0.05) is 0 Å². The van der Waals surface area contributed by atoms with Gasteiger partial charge in [0.15, 0.2) is 0 Å². The molecular weight excluding hydrogens is 264 g/mol. The van der Waals surface area contributed by atoms with Gasteiger partial charge in [0, 0.05) is 31.2 Å². The van der Waals surface area contributed by atoms with Crippen molar-refractivity contribution < 1.29 is 4.79 Å². The number of hydrogen-bond acceptors (Lipinski definition) is 3. The van der Waals surface area contributed by atoms with Gasteiger partial charge in [-0.25, -0.2) is 0 Å². The molecule has 0 radical (unpaired) electrons. The summed E-state index contributed by atoms with van der Waals surface area (Å²) < 4.78 is 1.83. The maximum atomic E-state index is 12.0. The number of amides is 1. The molecule has 1 amide bonds. The van der Waals surface area contributed by atoms with Crippen molar-refractivity contribution in [1.29, 1.82) is 0 Å². The Bertz CT molecular complexity index is 465. The molecule has 0 spiro atoms. The van der Waals surface area contributed by atoms with Crippen LogP contribution >= 0.6 is 12.4 Å². The standard InChI is InChI=1S/C13H20N4O.ClH/c1-17-12(9-4-5-9)6-11(16-17)13(18)15-7-10(14)8-2-3-8;/h6,8-10H,2-5,7,14H2,1H3,(H,15,18);1H. The molecule has 19 heavy (non-hydrogen) atoms. The van der Waals surface area contributed by atoms with Gasteiger partial charge in [0.1, 0.15) is 5.69 Å². The van der Waals surface area contributed by atoms with Gasteiger partial charge in [-0.05, 0) is 37.7 Å². The SMILES string of the molecule is Cl.Cn1nc(C(=O)NCC(N)C2CC2)cc1C1CC1. The number of rotatable bonds is 5. The number of aryl methyl sites for hydroxylation is 1.